The first kappa shape index (κ1) is 17.4. The molecule has 0 aliphatic carbocycles. The van der Waals surface area contributed by atoms with E-state index in [9.17, 15) is 4.79 Å². The van der Waals surface area contributed by atoms with Crippen LogP contribution in [0.5, 0.6) is 0 Å². The molecule has 0 spiro atoms. The van der Waals surface area contributed by atoms with Gasteiger partial charge in [0.25, 0.3) is 0 Å². The Labute approximate surface area is 142 Å². The maximum Gasteiger partial charge on any atom is 0.303 e. The fourth-order valence-corrected chi connectivity index (χ4v) is 3.04. The predicted octanol–water partition coefficient (Wildman–Crippen LogP) is 2.05. The molecular formula is C18H24O6. The van der Waals surface area contributed by atoms with Gasteiger partial charge in [0, 0.05) is 6.92 Å². The Balaban J connectivity index is 1.75. The van der Waals surface area contributed by atoms with E-state index in [4.69, 9.17) is 23.7 Å². The number of ether oxygens (including phenoxy) is 5. The lowest BCUT2D eigenvalue weighted by Gasteiger charge is -2.48. The number of benzene rings is 1. The molecule has 1 aromatic rings. The third-order valence-electron chi connectivity index (χ3n) is 4.15. The zero-order valence-corrected chi connectivity index (χ0v) is 14.3. The van der Waals surface area contributed by atoms with Crippen molar-refractivity contribution in [3.63, 3.8) is 0 Å². The van der Waals surface area contributed by atoms with Crippen LogP contribution in [0.25, 0.3) is 0 Å². The van der Waals surface area contributed by atoms with Crippen LogP contribution >= 0.6 is 0 Å². The van der Waals surface area contributed by atoms with Crippen molar-refractivity contribution in [2.24, 2.45) is 0 Å². The van der Waals surface area contributed by atoms with Crippen molar-refractivity contribution >= 4 is 5.97 Å². The Morgan fingerprint density at radius 1 is 1.25 bits per heavy atom. The molecule has 0 saturated carbocycles. The van der Waals surface area contributed by atoms with Gasteiger partial charge in [-0.3, -0.25) is 4.79 Å². The second kappa shape index (κ2) is 7.19. The van der Waals surface area contributed by atoms with E-state index < -0.39 is 18.0 Å². The smallest absolute Gasteiger partial charge is 0.303 e. The summed E-state index contributed by atoms with van der Waals surface area (Å²) in [5.74, 6) is -1.08. The van der Waals surface area contributed by atoms with E-state index in [-0.39, 0.29) is 24.8 Å². The van der Waals surface area contributed by atoms with Crippen LogP contribution in [-0.2, 0) is 35.1 Å². The van der Waals surface area contributed by atoms with Crippen LogP contribution in [0.3, 0.4) is 0 Å². The van der Waals surface area contributed by atoms with Gasteiger partial charge in [-0.2, -0.15) is 0 Å². The van der Waals surface area contributed by atoms with Gasteiger partial charge >= 0.3 is 5.97 Å². The fourth-order valence-electron chi connectivity index (χ4n) is 3.04. The van der Waals surface area contributed by atoms with Gasteiger partial charge in [-0.1, -0.05) is 30.3 Å². The molecule has 1 aromatic carbocycles. The summed E-state index contributed by atoms with van der Waals surface area (Å²) in [4.78, 5) is 11.4. The van der Waals surface area contributed by atoms with Gasteiger partial charge in [0.05, 0.1) is 19.8 Å². The van der Waals surface area contributed by atoms with Crippen LogP contribution in [-0.4, -0.2) is 49.4 Å². The van der Waals surface area contributed by atoms with Gasteiger partial charge in [-0.05, 0) is 19.4 Å². The van der Waals surface area contributed by atoms with E-state index in [0.717, 1.165) is 5.56 Å². The lowest BCUT2D eigenvalue weighted by atomic mass is 9.98. The summed E-state index contributed by atoms with van der Waals surface area (Å²) in [5.41, 5.74) is 1.05. The molecule has 0 aromatic heterocycles. The Bertz CT molecular complexity index is 558. The summed E-state index contributed by atoms with van der Waals surface area (Å²) < 4.78 is 28.9. The molecule has 2 aliphatic heterocycles. The van der Waals surface area contributed by atoms with E-state index in [1.807, 2.05) is 44.2 Å². The first-order chi connectivity index (χ1) is 11.4. The van der Waals surface area contributed by atoms with Crippen molar-refractivity contribution < 1.29 is 28.5 Å². The largest absolute Gasteiger partial charge is 0.457 e. The highest BCUT2D eigenvalue weighted by Crippen LogP contribution is 2.32. The standard InChI is InChI=1S/C18H24O6/c1-12(19)23-15-10-20-14-11-22-18(2,3)24-17(14)16(15)21-9-13-7-5-4-6-8-13/h4-8,14-17H,9-11H2,1-3H3/t14?,15?,16-,17+/m0/s1. The monoisotopic (exact) mass is 336 g/mol. The molecule has 3 rings (SSSR count). The molecule has 2 fully saturated rings. The second-order valence-electron chi connectivity index (χ2n) is 6.57. The molecule has 0 N–H and O–H groups in total. The van der Waals surface area contributed by atoms with Gasteiger partial charge in [-0.15, -0.1) is 0 Å². The average molecular weight is 336 g/mol. The Hall–Kier alpha value is -1.47. The number of esters is 1. The average Bonchev–Trinajstić information content (AvgIpc) is 2.53. The molecule has 2 heterocycles. The highest BCUT2D eigenvalue weighted by Gasteiger charge is 2.49. The van der Waals surface area contributed by atoms with E-state index in [2.05, 4.69) is 0 Å². The van der Waals surface area contributed by atoms with E-state index in [1.165, 1.54) is 6.92 Å². The van der Waals surface area contributed by atoms with E-state index in [1.54, 1.807) is 0 Å². The zero-order chi connectivity index (χ0) is 17.2. The molecule has 2 saturated heterocycles. The highest BCUT2D eigenvalue weighted by molar-refractivity contribution is 5.66. The molecule has 6 heteroatoms. The second-order valence-corrected chi connectivity index (χ2v) is 6.57. The van der Waals surface area contributed by atoms with Crippen molar-refractivity contribution in [3.05, 3.63) is 35.9 Å². The van der Waals surface area contributed by atoms with Crippen LogP contribution in [0, 0.1) is 0 Å². The van der Waals surface area contributed by atoms with Gasteiger partial charge in [0.15, 0.2) is 11.9 Å². The Kier molecular flexibility index (Phi) is 5.20. The fraction of sp³-hybridized carbons (Fsp3) is 0.611. The number of fused-ring (bicyclic) bond motifs is 1. The van der Waals surface area contributed by atoms with Crippen molar-refractivity contribution in [2.75, 3.05) is 13.2 Å². The van der Waals surface area contributed by atoms with Crippen LogP contribution in [0.15, 0.2) is 30.3 Å². The summed E-state index contributed by atoms with van der Waals surface area (Å²) in [6.07, 6.45) is -1.49. The maximum atomic E-state index is 11.4. The third kappa shape index (κ3) is 4.13. The number of hydrogen-bond acceptors (Lipinski definition) is 6. The number of hydrogen-bond donors (Lipinski definition) is 0. The van der Waals surface area contributed by atoms with Gasteiger partial charge in [0.1, 0.15) is 18.3 Å². The first-order valence-corrected chi connectivity index (χ1v) is 8.21. The molecule has 132 valence electrons. The zero-order valence-electron chi connectivity index (χ0n) is 14.3. The molecule has 0 radical (unpaired) electrons. The molecule has 6 nitrogen and oxygen atoms in total. The predicted molar refractivity (Wildman–Crippen MR) is 85.2 cm³/mol. The van der Waals surface area contributed by atoms with Gasteiger partial charge in [-0.25, -0.2) is 0 Å². The summed E-state index contributed by atoms with van der Waals surface area (Å²) in [6, 6.07) is 9.87. The SMILES string of the molecule is CC(=O)OC1COC2COC(C)(C)O[C@H]2[C@H]1OCc1ccccc1. The third-order valence-corrected chi connectivity index (χ3v) is 4.15. The quantitative estimate of drug-likeness (QED) is 0.784. The molecule has 4 atom stereocenters. The van der Waals surface area contributed by atoms with E-state index >= 15 is 0 Å². The summed E-state index contributed by atoms with van der Waals surface area (Å²) in [6.45, 7) is 6.20. The lowest BCUT2D eigenvalue weighted by Crippen LogP contribution is -2.62. The number of rotatable bonds is 4. The molecular weight excluding hydrogens is 312 g/mol. The van der Waals surface area contributed by atoms with Crippen molar-refractivity contribution in [1.29, 1.82) is 0 Å². The minimum Gasteiger partial charge on any atom is -0.457 e. The highest BCUT2D eigenvalue weighted by atomic mass is 16.7. The molecule has 2 unspecified atom stereocenters. The normalized spacial score (nSPS) is 32.0. The summed E-state index contributed by atoms with van der Waals surface area (Å²) in [7, 11) is 0. The number of carbonyl (C=O) groups is 1. The van der Waals surface area contributed by atoms with Crippen LogP contribution in [0.2, 0.25) is 0 Å². The lowest BCUT2D eigenvalue weighted by molar-refractivity contribution is -0.352. The minimum absolute atomic E-state index is 0.231. The molecule has 0 bridgehead atoms. The maximum absolute atomic E-state index is 11.4. The van der Waals surface area contributed by atoms with Crippen LogP contribution in [0.4, 0.5) is 0 Å². The van der Waals surface area contributed by atoms with Crippen molar-refractivity contribution in [2.45, 2.75) is 57.6 Å². The Morgan fingerprint density at radius 2 is 2.00 bits per heavy atom. The van der Waals surface area contributed by atoms with Crippen molar-refractivity contribution in [3.8, 4) is 0 Å². The number of carbonyl (C=O) groups excluding carboxylic acids is 1. The topological polar surface area (TPSA) is 63.2 Å². The minimum atomic E-state index is -0.725. The molecule has 24 heavy (non-hydrogen) atoms. The first-order valence-electron chi connectivity index (χ1n) is 8.21. The molecule has 2 aliphatic rings. The van der Waals surface area contributed by atoms with E-state index in [0.29, 0.717) is 13.2 Å². The van der Waals surface area contributed by atoms with Gasteiger partial charge in [0.2, 0.25) is 0 Å². The van der Waals surface area contributed by atoms with Crippen LogP contribution < -0.4 is 0 Å². The van der Waals surface area contributed by atoms with Crippen molar-refractivity contribution in [1.82, 2.24) is 0 Å². The summed E-state index contributed by atoms with van der Waals surface area (Å²) >= 11 is 0. The Morgan fingerprint density at radius 3 is 2.71 bits per heavy atom. The van der Waals surface area contributed by atoms with Gasteiger partial charge < -0.3 is 23.7 Å². The molecule has 0 amide bonds. The summed E-state index contributed by atoms with van der Waals surface area (Å²) in [5, 5.41) is 0. The van der Waals surface area contributed by atoms with Crippen LogP contribution in [0.1, 0.15) is 26.3 Å².